The number of hydrogen-bond donors (Lipinski definition) is 2. The van der Waals surface area contributed by atoms with E-state index in [1.54, 1.807) is 6.07 Å². The van der Waals surface area contributed by atoms with Gasteiger partial charge in [-0.2, -0.15) is 4.73 Å². The average Bonchev–Trinajstić information content (AvgIpc) is 2.83. The van der Waals surface area contributed by atoms with Gasteiger partial charge in [0.1, 0.15) is 18.2 Å². The third-order valence-electron chi connectivity index (χ3n) is 2.50. The minimum absolute atomic E-state index is 0.0294. The van der Waals surface area contributed by atoms with Crippen molar-refractivity contribution in [2.75, 3.05) is 31.2 Å². The first-order valence-corrected chi connectivity index (χ1v) is 5.21. The molecule has 1 aromatic heterocycles. The highest BCUT2D eigenvalue weighted by Crippen LogP contribution is 2.25. The van der Waals surface area contributed by atoms with E-state index in [0.717, 1.165) is 18.9 Å². The van der Waals surface area contributed by atoms with Crippen molar-refractivity contribution in [3.05, 3.63) is 12.3 Å². The number of aliphatic hydroxyl groups excluding tert-OH is 1. The second-order valence-corrected chi connectivity index (χ2v) is 3.63. The molecule has 0 spiro atoms. The Bertz CT molecular complexity index is 318. The average molecular weight is 212 g/mol. The van der Waals surface area contributed by atoms with Gasteiger partial charge in [-0.25, -0.2) is 0 Å². The monoisotopic (exact) mass is 212 g/mol. The molecule has 1 fully saturated rings. The standard InChI is InChI=1S/C10H16N2O3/c13-5-6-15-12-8-9(14)7-10(12)11-3-1-2-4-11/h7-8,13-14H,1-6H2. The minimum Gasteiger partial charge on any atom is -0.506 e. The highest BCUT2D eigenvalue weighted by atomic mass is 16.7. The Morgan fingerprint density at radius 2 is 2.07 bits per heavy atom. The lowest BCUT2D eigenvalue weighted by molar-refractivity contribution is 0.0776. The maximum Gasteiger partial charge on any atom is 0.148 e. The second-order valence-electron chi connectivity index (χ2n) is 3.63. The number of aromatic nitrogens is 1. The predicted octanol–water partition coefficient (Wildman–Crippen LogP) is 0.215. The van der Waals surface area contributed by atoms with Gasteiger partial charge in [0.25, 0.3) is 0 Å². The van der Waals surface area contributed by atoms with Crippen LogP contribution in [0, 0.1) is 0 Å². The maximum absolute atomic E-state index is 9.40. The van der Waals surface area contributed by atoms with E-state index in [1.807, 2.05) is 0 Å². The summed E-state index contributed by atoms with van der Waals surface area (Å²) in [5, 5.41) is 18.1. The van der Waals surface area contributed by atoms with Crippen molar-refractivity contribution < 1.29 is 15.1 Å². The summed E-state index contributed by atoms with van der Waals surface area (Å²) in [6.07, 6.45) is 3.86. The summed E-state index contributed by atoms with van der Waals surface area (Å²) in [7, 11) is 0. The SMILES string of the molecule is OCCOn1cc(O)cc1N1CCCC1. The van der Waals surface area contributed by atoms with Crippen LogP contribution in [0.25, 0.3) is 0 Å². The van der Waals surface area contributed by atoms with Crippen molar-refractivity contribution in [3.63, 3.8) is 0 Å². The first kappa shape index (κ1) is 10.2. The van der Waals surface area contributed by atoms with E-state index in [0.29, 0.717) is 0 Å². The van der Waals surface area contributed by atoms with Crippen LogP contribution in [0.3, 0.4) is 0 Å². The number of aliphatic hydroxyl groups is 1. The van der Waals surface area contributed by atoms with Gasteiger partial charge >= 0.3 is 0 Å². The molecule has 0 atom stereocenters. The van der Waals surface area contributed by atoms with Crippen molar-refractivity contribution in [1.29, 1.82) is 0 Å². The number of anilines is 1. The zero-order valence-corrected chi connectivity index (χ0v) is 8.59. The molecule has 84 valence electrons. The fourth-order valence-corrected chi connectivity index (χ4v) is 1.84. The fourth-order valence-electron chi connectivity index (χ4n) is 1.84. The molecule has 0 unspecified atom stereocenters. The normalized spacial score (nSPS) is 15.9. The maximum atomic E-state index is 9.40. The molecule has 2 N–H and O–H groups in total. The van der Waals surface area contributed by atoms with Crippen LogP contribution in [-0.2, 0) is 0 Å². The molecule has 5 heteroatoms. The highest BCUT2D eigenvalue weighted by molar-refractivity contribution is 5.46. The molecule has 0 radical (unpaired) electrons. The van der Waals surface area contributed by atoms with Gasteiger partial charge in [0.15, 0.2) is 0 Å². The molecule has 1 aliphatic rings. The van der Waals surface area contributed by atoms with Gasteiger partial charge in [-0.05, 0) is 12.8 Å². The fraction of sp³-hybridized carbons (Fsp3) is 0.600. The zero-order valence-electron chi connectivity index (χ0n) is 8.59. The van der Waals surface area contributed by atoms with E-state index < -0.39 is 0 Å². The zero-order chi connectivity index (χ0) is 10.7. The van der Waals surface area contributed by atoms with Crippen LogP contribution in [0.15, 0.2) is 12.3 Å². The van der Waals surface area contributed by atoms with Gasteiger partial charge < -0.3 is 20.0 Å². The molecule has 1 aliphatic heterocycles. The third kappa shape index (κ3) is 2.18. The van der Waals surface area contributed by atoms with Crippen LogP contribution in [0.1, 0.15) is 12.8 Å². The first-order valence-electron chi connectivity index (χ1n) is 5.21. The Balaban J connectivity index is 2.13. The summed E-state index contributed by atoms with van der Waals surface area (Å²) in [5.74, 6) is 1.05. The van der Waals surface area contributed by atoms with Crippen molar-refractivity contribution in [2.24, 2.45) is 0 Å². The molecule has 2 heterocycles. The minimum atomic E-state index is -0.0294. The number of aromatic hydroxyl groups is 1. The molecule has 0 aliphatic carbocycles. The summed E-state index contributed by atoms with van der Waals surface area (Å²) in [6, 6.07) is 1.68. The summed E-state index contributed by atoms with van der Waals surface area (Å²) < 4.78 is 1.52. The molecule has 0 bridgehead atoms. The van der Waals surface area contributed by atoms with Crippen molar-refractivity contribution >= 4 is 5.82 Å². The van der Waals surface area contributed by atoms with Crippen LogP contribution in [0.5, 0.6) is 5.75 Å². The molecular formula is C10H16N2O3. The Morgan fingerprint density at radius 1 is 1.33 bits per heavy atom. The van der Waals surface area contributed by atoms with Gasteiger partial charge in [0, 0.05) is 19.2 Å². The molecule has 15 heavy (non-hydrogen) atoms. The summed E-state index contributed by atoms with van der Waals surface area (Å²) >= 11 is 0. The van der Waals surface area contributed by atoms with E-state index in [2.05, 4.69) is 4.90 Å². The van der Waals surface area contributed by atoms with Crippen LogP contribution < -0.4 is 9.74 Å². The quantitative estimate of drug-likeness (QED) is 0.749. The lowest BCUT2D eigenvalue weighted by Gasteiger charge is -2.19. The van der Waals surface area contributed by atoms with Gasteiger partial charge in [0.05, 0.1) is 12.8 Å². The Morgan fingerprint density at radius 3 is 2.73 bits per heavy atom. The molecule has 0 aromatic carbocycles. The highest BCUT2D eigenvalue weighted by Gasteiger charge is 2.17. The summed E-state index contributed by atoms with van der Waals surface area (Å²) in [4.78, 5) is 7.45. The van der Waals surface area contributed by atoms with Crippen LogP contribution in [-0.4, -0.2) is 41.2 Å². The van der Waals surface area contributed by atoms with Gasteiger partial charge in [-0.1, -0.05) is 0 Å². The largest absolute Gasteiger partial charge is 0.506 e. The summed E-state index contributed by atoms with van der Waals surface area (Å²) in [6.45, 7) is 2.19. The Kier molecular flexibility index (Phi) is 3.01. The molecule has 5 nitrogen and oxygen atoms in total. The molecule has 2 rings (SSSR count). The third-order valence-corrected chi connectivity index (χ3v) is 2.50. The Hall–Kier alpha value is -1.36. The van der Waals surface area contributed by atoms with Crippen molar-refractivity contribution in [3.8, 4) is 5.75 Å². The molecule has 1 aromatic rings. The lowest BCUT2D eigenvalue weighted by atomic mass is 10.4. The van der Waals surface area contributed by atoms with E-state index in [1.165, 1.54) is 23.8 Å². The molecular weight excluding hydrogens is 196 g/mol. The summed E-state index contributed by atoms with van der Waals surface area (Å²) in [5.41, 5.74) is 0. The smallest absolute Gasteiger partial charge is 0.148 e. The van der Waals surface area contributed by atoms with E-state index in [4.69, 9.17) is 9.94 Å². The van der Waals surface area contributed by atoms with Crippen molar-refractivity contribution in [1.82, 2.24) is 4.73 Å². The van der Waals surface area contributed by atoms with Gasteiger partial charge in [0.2, 0.25) is 0 Å². The number of hydrogen-bond acceptors (Lipinski definition) is 4. The first-order chi connectivity index (χ1) is 7.31. The van der Waals surface area contributed by atoms with Crippen LogP contribution in [0.2, 0.25) is 0 Å². The predicted molar refractivity (Wildman–Crippen MR) is 56.1 cm³/mol. The molecule has 1 saturated heterocycles. The topological polar surface area (TPSA) is 57.9 Å². The second kappa shape index (κ2) is 4.44. The lowest BCUT2D eigenvalue weighted by Crippen LogP contribution is -2.24. The van der Waals surface area contributed by atoms with Crippen LogP contribution in [0.4, 0.5) is 5.82 Å². The van der Waals surface area contributed by atoms with Crippen LogP contribution >= 0.6 is 0 Å². The Labute approximate surface area is 88.5 Å². The number of rotatable bonds is 4. The van der Waals surface area contributed by atoms with Gasteiger partial charge in [-0.3, -0.25) is 0 Å². The number of nitrogens with zero attached hydrogens (tertiary/aromatic N) is 2. The van der Waals surface area contributed by atoms with E-state index >= 15 is 0 Å². The molecule has 0 amide bonds. The van der Waals surface area contributed by atoms with Crippen molar-refractivity contribution in [2.45, 2.75) is 12.8 Å². The van der Waals surface area contributed by atoms with Gasteiger partial charge in [-0.15, -0.1) is 0 Å². The van der Waals surface area contributed by atoms with E-state index in [9.17, 15) is 5.11 Å². The molecule has 0 saturated carbocycles. The van der Waals surface area contributed by atoms with E-state index in [-0.39, 0.29) is 19.0 Å².